The Labute approximate surface area is 121 Å². The standard InChI is InChI=1S/C14H17FN2O4/c1-16(8-10-2-4-11(15)5-3-10)14(20)17-6-7-21-9-12(17)13(18)19/h2-5,12H,6-9H2,1H3,(H,18,19). The van der Waals surface area contributed by atoms with Crippen LogP contribution in [0.25, 0.3) is 0 Å². The molecule has 2 amide bonds. The monoisotopic (exact) mass is 296 g/mol. The Morgan fingerprint density at radius 2 is 2.10 bits per heavy atom. The maximum atomic E-state index is 12.8. The molecule has 1 heterocycles. The van der Waals surface area contributed by atoms with Gasteiger partial charge in [-0.1, -0.05) is 12.1 Å². The molecule has 0 saturated carbocycles. The first kappa shape index (κ1) is 15.2. The fraction of sp³-hybridized carbons (Fsp3) is 0.429. The van der Waals surface area contributed by atoms with Gasteiger partial charge in [0.15, 0.2) is 6.04 Å². The molecular formula is C14H17FN2O4. The average Bonchev–Trinajstić information content (AvgIpc) is 2.48. The lowest BCUT2D eigenvalue weighted by atomic mass is 10.2. The van der Waals surface area contributed by atoms with E-state index in [9.17, 15) is 14.0 Å². The Kier molecular flexibility index (Phi) is 4.74. The summed E-state index contributed by atoms with van der Waals surface area (Å²) in [5.41, 5.74) is 0.771. The van der Waals surface area contributed by atoms with Crippen LogP contribution in [0.1, 0.15) is 5.56 Å². The van der Waals surface area contributed by atoms with Gasteiger partial charge in [-0.3, -0.25) is 0 Å². The number of carboxylic acids is 1. The summed E-state index contributed by atoms with van der Waals surface area (Å²) in [5.74, 6) is -1.43. The number of morpholine rings is 1. The second-order valence-electron chi connectivity index (χ2n) is 4.89. The number of nitrogens with zero attached hydrogens (tertiary/aromatic N) is 2. The Hall–Kier alpha value is -2.15. The molecule has 2 rings (SSSR count). The van der Waals surface area contributed by atoms with E-state index < -0.39 is 12.0 Å². The molecule has 114 valence electrons. The van der Waals surface area contributed by atoms with E-state index in [0.717, 1.165) is 5.56 Å². The van der Waals surface area contributed by atoms with Crippen molar-refractivity contribution in [2.45, 2.75) is 12.6 Å². The Bertz CT molecular complexity index is 520. The van der Waals surface area contributed by atoms with Gasteiger partial charge in [0.2, 0.25) is 0 Å². The quantitative estimate of drug-likeness (QED) is 0.909. The second-order valence-corrected chi connectivity index (χ2v) is 4.89. The average molecular weight is 296 g/mol. The van der Waals surface area contributed by atoms with Crippen LogP contribution in [0.3, 0.4) is 0 Å². The van der Waals surface area contributed by atoms with Crippen molar-refractivity contribution in [2.75, 3.05) is 26.8 Å². The number of amides is 2. The summed E-state index contributed by atoms with van der Waals surface area (Å²) >= 11 is 0. The fourth-order valence-electron chi connectivity index (χ4n) is 2.19. The highest BCUT2D eigenvalue weighted by Gasteiger charge is 2.34. The predicted molar refractivity (Wildman–Crippen MR) is 72.2 cm³/mol. The van der Waals surface area contributed by atoms with Crippen molar-refractivity contribution in [1.29, 1.82) is 0 Å². The number of aliphatic carboxylic acids is 1. The van der Waals surface area contributed by atoms with Gasteiger partial charge in [-0.05, 0) is 17.7 Å². The molecule has 1 atom stereocenters. The van der Waals surface area contributed by atoms with E-state index >= 15 is 0 Å². The molecule has 0 bridgehead atoms. The van der Waals surface area contributed by atoms with Crippen molar-refractivity contribution in [1.82, 2.24) is 9.80 Å². The number of urea groups is 1. The van der Waals surface area contributed by atoms with Crippen LogP contribution >= 0.6 is 0 Å². The first-order valence-corrected chi connectivity index (χ1v) is 6.56. The molecule has 1 saturated heterocycles. The lowest BCUT2D eigenvalue weighted by molar-refractivity contribution is -0.147. The van der Waals surface area contributed by atoms with Crippen LogP contribution in [0, 0.1) is 5.82 Å². The predicted octanol–water partition coefficient (Wildman–Crippen LogP) is 1.16. The summed E-state index contributed by atoms with van der Waals surface area (Å²) in [5, 5.41) is 9.13. The van der Waals surface area contributed by atoms with E-state index in [1.807, 2.05) is 0 Å². The molecule has 7 heteroatoms. The number of carboxylic acid groups (broad SMARTS) is 1. The number of carbonyl (C=O) groups is 2. The third kappa shape index (κ3) is 3.69. The minimum atomic E-state index is -1.08. The van der Waals surface area contributed by atoms with E-state index in [-0.39, 0.29) is 31.5 Å². The van der Waals surface area contributed by atoms with Crippen LogP contribution in [0.4, 0.5) is 9.18 Å². The summed E-state index contributed by atoms with van der Waals surface area (Å²) in [7, 11) is 1.58. The zero-order valence-electron chi connectivity index (χ0n) is 11.7. The van der Waals surface area contributed by atoms with E-state index in [1.54, 1.807) is 19.2 Å². The summed E-state index contributed by atoms with van der Waals surface area (Å²) in [4.78, 5) is 26.2. The van der Waals surface area contributed by atoms with Crippen LogP contribution in [0.2, 0.25) is 0 Å². The molecular weight excluding hydrogens is 279 g/mol. The number of hydrogen-bond acceptors (Lipinski definition) is 3. The summed E-state index contributed by atoms with van der Waals surface area (Å²) < 4.78 is 17.9. The van der Waals surface area contributed by atoms with Crippen LogP contribution in [0.5, 0.6) is 0 Å². The minimum absolute atomic E-state index is 0.00847. The normalized spacial score (nSPS) is 18.4. The smallest absolute Gasteiger partial charge is 0.328 e. The third-order valence-electron chi connectivity index (χ3n) is 3.32. The van der Waals surface area contributed by atoms with Crippen molar-refractivity contribution in [3.63, 3.8) is 0 Å². The SMILES string of the molecule is CN(Cc1ccc(F)cc1)C(=O)N1CCOCC1C(=O)O. The number of rotatable bonds is 3. The number of carbonyl (C=O) groups excluding carboxylic acids is 1. The summed E-state index contributed by atoms with van der Waals surface area (Å²) in [6, 6.07) is 4.47. The molecule has 1 N–H and O–H groups in total. The molecule has 1 aliphatic rings. The Balaban J connectivity index is 2.03. The van der Waals surface area contributed by atoms with Crippen molar-refractivity contribution in [2.24, 2.45) is 0 Å². The lowest BCUT2D eigenvalue weighted by Crippen LogP contribution is -2.55. The summed E-state index contributed by atoms with van der Waals surface area (Å²) in [6.45, 7) is 0.831. The van der Waals surface area contributed by atoms with E-state index in [2.05, 4.69) is 0 Å². The van der Waals surface area contributed by atoms with Crippen LogP contribution < -0.4 is 0 Å². The number of hydrogen-bond donors (Lipinski definition) is 1. The zero-order chi connectivity index (χ0) is 15.4. The molecule has 1 fully saturated rings. The van der Waals surface area contributed by atoms with Crippen molar-refractivity contribution >= 4 is 12.0 Å². The first-order valence-electron chi connectivity index (χ1n) is 6.56. The van der Waals surface area contributed by atoms with Gasteiger partial charge in [0, 0.05) is 20.1 Å². The van der Waals surface area contributed by atoms with E-state index in [1.165, 1.54) is 21.9 Å². The highest BCUT2D eigenvalue weighted by Crippen LogP contribution is 2.12. The van der Waals surface area contributed by atoms with Crippen LogP contribution in [-0.2, 0) is 16.1 Å². The van der Waals surface area contributed by atoms with Gasteiger partial charge in [-0.2, -0.15) is 0 Å². The Morgan fingerprint density at radius 3 is 2.71 bits per heavy atom. The number of halogens is 1. The first-order chi connectivity index (χ1) is 9.99. The zero-order valence-corrected chi connectivity index (χ0v) is 11.7. The maximum absolute atomic E-state index is 12.8. The van der Waals surface area contributed by atoms with E-state index in [4.69, 9.17) is 9.84 Å². The van der Waals surface area contributed by atoms with Crippen LogP contribution in [0.15, 0.2) is 24.3 Å². The lowest BCUT2D eigenvalue weighted by Gasteiger charge is -2.35. The largest absolute Gasteiger partial charge is 0.480 e. The molecule has 1 aromatic carbocycles. The molecule has 1 aliphatic heterocycles. The second kappa shape index (κ2) is 6.53. The molecule has 0 radical (unpaired) electrons. The van der Waals surface area contributed by atoms with E-state index in [0.29, 0.717) is 6.61 Å². The molecule has 0 aromatic heterocycles. The molecule has 0 spiro atoms. The van der Waals surface area contributed by atoms with Crippen molar-refractivity contribution < 1.29 is 23.8 Å². The Morgan fingerprint density at radius 1 is 1.43 bits per heavy atom. The van der Waals surface area contributed by atoms with Gasteiger partial charge in [0.25, 0.3) is 0 Å². The topological polar surface area (TPSA) is 70.1 Å². The van der Waals surface area contributed by atoms with Gasteiger partial charge in [-0.25, -0.2) is 14.0 Å². The van der Waals surface area contributed by atoms with Gasteiger partial charge in [0.1, 0.15) is 5.82 Å². The molecule has 1 unspecified atom stereocenters. The van der Waals surface area contributed by atoms with Gasteiger partial charge in [-0.15, -0.1) is 0 Å². The highest BCUT2D eigenvalue weighted by molar-refractivity contribution is 5.83. The van der Waals surface area contributed by atoms with Crippen molar-refractivity contribution in [3.8, 4) is 0 Å². The molecule has 1 aromatic rings. The molecule has 21 heavy (non-hydrogen) atoms. The minimum Gasteiger partial charge on any atom is -0.480 e. The number of ether oxygens (including phenoxy) is 1. The van der Waals surface area contributed by atoms with Crippen molar-refractivity contribution in [3.05, 3.63) is 35.6 Å². The van der Waals surface area contributed by atoms with Gasteiger partial charge in [0.05, 0.1) is 13.2 Å². The summed E-state index contributed by atoms with van der Waals surface area (Å²) in [6.07, 6.45) is 0. The van der Waals surface area contributed by atoms with Crippen LogP contribution in [-0.4, -0.2) is 59.8 Å². The van der Waals surface area contributed by atoms with Gasteiger partial charge >= 0.3 is 12.0 Å². The highest BCUT2D eigenvalue weighted by atomic mass is 19.1. The van der Waals surface area contributed by atoms with Gasteiger partial charge < -0.3 is 19.6 Å². The molecule has 6 nitrogen and oxygen atoms in total. The third-order valence-corrected chi connectivity index (χ3v) is 3.32. The fourth-order valence-corrected chi connectivity index (χ4v) is 2.19. The number of benzene rings is 1. The maximum Gasteiger partial charge on any atom is 0.328 e. The molecule has 0 aliphatic carbocycles.